The van der Waals surface area contributed by atoms with Gasteiger partial charge in [0.1, 0.15) is 11.6 Å². The number of nitriles is 1. The number of hydrogen-bond donors (Lipinski definition) is 0. The monoisotopic (exact) mass is 328 g/mol. The third-order valence-electron chi connectivity index (χ3n) is 4.22. The van der Waals surface area contributed by atoms with Gasteiger partial charge in [-0.05, 0) is 49.5 Å². The Hall–Kier alpha value is -2.48. The van der Waals surface area contributed by atoms with E-state index in [-0.39, 0.29) is 11.5 Å². The highest BCUT2D eigenvalue weighted by Gasteiger charge is 2.23. The molecule has 5 heteroatoms. The Balaban J connectivity index is 2.20. The molecule has 1 aliphatic heterocycles. The van der Waals surface area contributed by atoms with Gasteiger partial charge in [0.05, 0.1) is 13.7 Å². The van der Waals surface area contributed by atoms with Gasteiger partial charge in [0.15, 0.2) is 11.5 Å². The van der Waals surface area contributed by atoms with Gasteiger partial charge in [-0.1, -0.05) is 13.0 Å². The van der Waals surface area contributed by atoms with Crippen LogP contribution in [0, 0.1) is 17.2 Å². The van der Waals surface area contributed by atoms with Crippen LogP contribution >= 0.6 is 0 Å². The van der Waals surface area contributed by atoms with Crippen LogP contribution in [-0.4, -0.2) is 37.6 Å². The van der Waals surface area contributed by atoms with Crippen LogP contribution in [0.5, 0.6) is 11.5 Å². The predicted molar refractivity (Wildman–Crippen MR) is 92.7 cm³/mol. The van der Waals surface area contributed by atoms with Gasteiger partial charge in [0, 0.05) is 13.1 Å². The van der Waals surface area contributed by atoms with E-state index in [4.69, 9.17) is 9.47 Å². The predicted octanol–water partition coefficient (Wildman–Crippen LogP) is 3.26. The van der Waals surface area contributed by atoms with E-state index in [1.807, 2.05) is 19.1 Å². The Bertz CT molecular complexity index is 653. The molecule has 1 aliphatic rings. The fourth-order valence-corrected chi connectivity index (χ4v) is 2.74. The zero-order valence-corrected chi connectivity index (χ0v) is 14.5. The molecule has 1 saturated heterocycles. The minimum Gasteiger partial charge on any atom is -0.493 e. The average molecular weight is 328 g/mol. The molecule has 0 radical (unpaired) electrons. The van der Waals surface area contributed by atoms with Gasteiger partial charge >= 0.3 is 0 Å². The Kier molecular flexibility index (Phi) is 6.25. The van der Waals surface area contributed by atoms with E-state index < -0.39 is 0 Å². The van der Waals surface area contributed by atoms with Gasteiger partial charge in [-0.2, -0.15) is 5.26 Å². The van der Waals surface area contributed by atoms with Gasteiger partial charge < -0.3 is 14.4 Å². The molecule has 1 fully saturated rings. The molecule has 0 spiro atoms. The number of amides is 1. The number of methoxy groups -OCH3 is 1. The van der Waals surface area contributed by atoms with Crippen molar-refractivity contribution >= 4 is 12.0 Å². The molecule has 1 aromatic carbocycles. The number of carbonyl (C=O) groups is 1. The molecular weight excluding hydrogens is 304 g/mol. The van der Waals surface area contributed by atoms with Crippen LogP contribution in [-0.2, 0) is 4.79 Å². The maximum absolute atomic E-state index is 12.5. The first-order chi connectivity index (χ1) is 11.6. The first-order valence-electron chi connectivity index (χ1n) is 8.31. The van der Waals surface area contributed by atoms with Crippen molar-refractivity contribution in [3.05, 3.63) is 29.3 Å². The van der Waals surface area contributed by atoms with Gasteiger partial charge in [-0.15, -0.1) is 0 Å². The van der Waals surface area contributed by atoms with Crippen molar-refractivity contribution in [3.8, 4) is 17.6 Å². The number of hydrogen-bond acceptors (Lipinski definition) is 4. The maximum atomic E-state index is 12.5. The summed E-state index contributed by atoms with van der Waals surface area (Å²) in [6, 6.07) is 7.41. The van der Waals surface area contributed by atoms with E-state index in [0.29, 0.717) is 37.1 Å². The van der Waals surface area contributed by atoms with Gasteiger partial charge in [-0.3, -0.25) is 4.79 Å². The third-order valence-corrected chi connectivity index (χ3v) is 4.22. The molecule has 1 aromatic rings. The van der Waals surface area contributed by atoms with Crippen LogP contribution in [0.25, 0.3) is 6.08 Å². The molecule has 128 valence electrons. The number of piperidine rings is 1. The summed E-state index contributed by atoms with van der Waals surface area (Å²) in [6.07, 6.45) is 3.58. The van der Waals surface area contributed by atoms with Crippen LogP contribution in [0.2, 0.25) is 0 Å². The summed E-state index contributed by atoms with van der Waals surface area (Å²) in [5.41, 5.74) is 0.890. The molecule has 24 heavy (non-hydrogen) atoms. The number of rotatable bonds is 5. The van der Waals surface area contributed by atoms with Crippen LogP contribution in [0.1, 0.15) is 32.3 Å². The summed E-state index contributed by atoms with van der Waals surface area (Å²) >= 11 is 0. The second-order valence-electron chi connectivity index (χ2n) is 5.99. The van der Waals surface area contributed by atoms with Crippen molar-refractivity contribution < 1.29 is 14.3 Å². The Morgan fingerprint density at radius 2 is 2.08 bits per heavy atom. The van der Waals surface area contributed by atoms with E-state index in [9.17, 15) is 10.1 Å². The summed E-state index contributed by atoms with van der Waals surface area (Å²) in [6.45, 7) is 6.06. The van der Waals surface area contributed by atoms with Crippen molar-refractivity contribution in [1.82, 2.24) is 4.90 Å². The quantitative estimate of drug-likeness (QED) is 0.615. The molecule has 1 amide bonds. The SMILES string of the molecule is CCOc1ccc(/C=C(\C#N)C(=O)N2CCC(C)CC2)cc1OC. The topological polar surface area (TPSA) is 62.6 Å². The number of ether oxygens (including phenoxy) is 2. The van der Waals surface area contributed by atoms with Gasteiger partial charge in [0.2, 0.25) is 0 Å². The molecule has 0 unspecified atom stereocenters. The molecular formula is C19H24N2O3. The minimum atomic E-state index is -0.197. The zero-order chi connectivity index (χ0) is 17.5. The summed E-state index contributed by atoms with van der Waals surface area (Å²) in [5.74, 6) is 1.67. The lowest BCUT2D eigenvalue weighted by Crippen LogP contribution is -2.38. The largest absolute Gasteiger partial charge is 0.493 e. The lowest BCUT2D eigenvalue weighted by atomic mass is 9.98. The highest BCUT2D eigenvalue weighted by molar-refractivity contribution is 6.01. The minimum absolute atomic E-state index is 0.149. The lowest BCUT2D eigenvalue weighted by Gasteiger charge is -2.30. The lowest BCUT2D eigenvalue weighted by molar-refractivity contribution is -0.127. The number of carbonyl (C=O) groups excluding carboxylic acids is 1. The maximum Gasteiger partial charge on any atom is 0.264 e. The molecule has 0 bridgehead atoms. The van der Waals surface area contributed by atoms with Crippen molar-refractivity contribution in [3.63, 3.8) is 0 Å². The summed E-state index contributed by atoms with van der Waals surface area (Å²) in [4.78, 5) is 14.3. The fourth-order valence-electron chi connectivity index (χ4n) is 2.74. The van der Waals surface area contributed by atoms with Crippen molar-refractivity contribution in [2.45, 2.75) is 26.7 Å². The second-order valence-corrected chi connectivity index (χ2v) is 5.99. The normalized spacial score (nSPS) is 15.8. The average Bonchev–Trinajstić information content (AvgIpc) is 2.61. The molecule has 0 atom stereocenters. The van der Waals surface area contributed by atoms with E-state index in [0.717, 1.165) is 18.4 Å². The fraction of sp³-hybridized carbons (Fsp3) is 0.474. The molecule has 2 rings (SSSR count). The van der Waals surface area contributed by atoms with Crippen LogP contribution in [0.4, 0.5) is 0 Å². The van der Waals surface area contributed by atoms with E-state index in [2.05, 4.69) is 6.92 Å². The van der Waals surface area contributed by atoms with Crippen LogP contribution < -0.4 is 9.47 Å². The van der Waals surface area contributed by atoms with Crippen molar-refractivity contribution in [1.29, 1.82) is 5.26 Å². The van der Waals surface area contributed by atoms with Crippen LogP contribution in [0.15, 0.2) is 23.8 Å². The zero-order valence-electron chi connectivity index (χ0n) is 14.5. The molecule has 0 saturated carbocycles. The van der Waals surface area contributed by atoms with E-state index >= 15 is 0 Å². The highest BCUT2D eigenvalue weighted by atomic mass is 16.5. The molecule has 0 N–H and O–H groups in total. The van der Waals surface area contributed by atoms with Crippen molar-refractivity contribution in [2.75, 3.05) is 26.8 Å². The van der Waals surface area contributed by atoms with E-state index in [1.54, 1.807) is 30.2 Å². The Morgan fingerprint density at radius 3 is 2.67 bits per heavy atom. The van der Waals surface area contributed by atoms with Crippen molar-refractivity contribution in [2.24, 2.45) is 5.92 Å². The summed E-state index contributed by atoms with van der Waals surface area (Å²) in [7, 11) is 1.57. The first-order valence-corrected chi connectivity index (χ1v) is 8.31. The van der Waals surface area contributed by atoms with Gasteiger partial charge in [0.25, 0.3) is 5.91 Å². The second kappa shape index (κ2) is 8.39. The highest BCUT2D eigenvalue weighted by Crippen LogP contribution is 2.29. The van der Waals surface area contributed by atoms with Gasteiger partial charge in [-0.25, -0.2) is 0 Å². The summed E-state index contributed by atoms with van der Waals surface area (Å²) in [5, 5.41) is 9.38. The standard InChI is InChI=1S/C19H24N2O3/c1-4-24-17-6-5-15(12-18(17)23-3)11-16(13-20)19(22)21-9-7-14(2)8-10-21/h5-6,11-12,14H,4,7-10H2,1-3H3/b16-11+. The Morgan fingerprint density at radius 1 is 1.38 bits per heavy atom. The first kappa shape index (κ1) is 17.9. The molecule has 5 nitrogen and oxygen atoms in total. The number of likely N-dealkylation sites (tertiary alicyclic amines) is 1. The number of benzene rings is 1. The summed E-state index contributed by atoms with van der Waals surface area (Å²) < 4.78 is 10.8. The Labute approximate surface area is 143 Å². The van der Waals surface area contributed by atoms with E-state index in [1.165, 1.54) is 0 Å². The number of nitrogens with zero attached hydrogens (tertiary/aromatic N) is 2. The molecule has 0 aliphatic carbocycles. The molecule has 1 heterocycles. The van der Waals surface area contributed by atoms with Crippen LogP contribution in [0.3, 0.4) is 0 Å². The third kappa shape index (κ3) is 4.29. The smallest absolute Gasteiger partial charge is 0.264 e. The molecule has 0 aromatic heterocycles.